The van der Waals surface area contributed by atoms with E-state index in [0.29, 0.717) is 0 Å². The van der Waals surface area contributed by atoms with Crippen LogP contribution in [0.5, 0.6) is 0 Å². The van der Waals surface area contributed by atoms with Crippen molar-refractivity contribution < 1.29 is 5.11 Å². The molecule has 0 aliphatic carbocycles. The van der Waals surface area contributed by atoms with E-state index in [-0.39, 0.29) is 0 Å². The van der Waals surface area contributed by atoms with E-state index >= 15 is 0 Å². The average Bonchev–Trinajstić information content (AvgIpc) is 1.35. The minimum absolute atomic E-state index is 0.458. The van der Waals surface area contributed by atoms with Crippen molar-refractivity contribution in [2.45, 2.75) is 19.3 Å². The lowest BCUT2D eigenvalue weighted by molar-refractivity contribution is 0.168. The van der Waals surface area contributed by atoms with Crippen molar-refractivity contribution in [2.24, 2.45) is 0 Å². The normalized spacial score (nSPS) is 11.2. The van der Waals surface area contributed by atoms with Crippen molar-refractivity contribution in [2.75, 3.05) is 0 Å². The van der Waals surface area contributed by atoms with E-state index in [4.69, 9.17) is 5.11 Å². The van der Waals surface area contributed by atoms with Gasteiger partial charge in [-0.3, -0.25) is 0 Å². The predicted molar refractivity (Wildman–Crippen MR) is 32.0 cm³/mol. The topological polar surface area (TPSA) is 20.2 Å². The molecule has 0 bridgehead atoms. The fourth-order valence-corrected chi connectivity index (χ4v) is 0. The summed E-state index contributed by atoms with van der Waals surface area (Å²) in [5.74, 6) is 0. The van der Waals surface area contributed by atoms with Gasteiger partial charge in [0.25, 0.3) is 0 Å². The highest BCUT2D eigenvalue weighted by atomic mass is 16.3. The molecular formula is C3H10B2O. The predicted octanol–water partition coefficient (Wildman–Crippen LogP) is -1.30. The van der Waals surface area contributed by atoms with E-state index in [0.717, 1.165) is 7.17 Å². The van der Waals surface area contributed by atoms with Gasteiger partial charge in [0.1, 0.15) is 7.17 Å². The Kier molecular flexibility index (Phi) is 1.72. The Morgan fingerprint density at radius 3 is 1.83 bits per heavy atom. The molecule has 3 heteroatoms. The Morgan fingerprint density at radius 1 is 1.67 bits per heavy atom. The molecule has 0 fully saturated rings. The van der Waals surface area contributed by atoms with Crippen molar-refractivity contribution in [3.8, 4) is 0 Å². The zero-order chi connectivity index (χ0) is 5.21. The third-order valence-corrected chi connectivity index (χ3v) is 0.865. The summed E-state index contributed by atoms with van der Waals surface area (Å²) in [6.07, 6.45) is 0. The second-order valence-electron chi connectivity index (χ2n) is 2.17. The molecule has 0 atom stereocenters. The van der Waals surface area contributed by atoms with Crippen LogP contribution in [-0.2, 0) is 0 Å². The van der Waals surface area contributed by atoms with Crippen molar-refractivity contribution in [3.63, 3.8) is 0 Å². The first kappa shape index (κ1) is 6.09. The van der Waals surface area contributed by atoms with Crippen LogP contribution in [0.4, 0.5) is 0 Å². The van der Waals surface area contributed by atoms with Crippen molar-refractivity contribution in [3.05, 3.63) is 0 Å². The van der Waals surface area contributed by atoms with Gasteiger partial charge < -0.3 is 5.11 Å². The third kappa shape index (κ3) is 4.09. The molecule has 0 amide bonds. The average molecular weight is 83.7 g/mol. The van der Waals surface area contributed by atoms with Crippen LogP contribution in [0.15, 0.2) is 0 Å². The lowest BCUT2D eigenvalue weighted by Crippen LogP contribution is -2.27. The van der Waals surface area contributed by atoms with Crippen LogP contribution in [0.3, 0.4) is 0 Å². The van der Waals surface area contributed by atoms with Gasteiger partial charge in [0.2, 0.25) is 0 Å². The van der Waals surface area contributed by atoms with Crippen LogP contribution in [0.25, 0.3) is 0 Å². The summed E-state index contributed by atoms with van der Waals surface area (Å²) in [6.45, 7) is 3.60. The maximum absolute atomic E-state index is 8.83. The van der Waals surface area contributed by atoms with E-state index < -0.39 is 5.50 Å². The van der Waals surface area contributed by atoms with Gasteiger partial charge in [-0.25, -0.2) is 0 Å². The molecule has 0 aromatic carbocycles. The molecule has 0 unspecified atom stereocenters. The second-order valence-corrected chi connectivity index (χ2v) is 2.17. The first-order chi connectivity index (χ1) is 2.56. The summed E-state index contributed by atoms with van der Waals surface area (Å²) in [6, 6.07) is 0. The highest BCUT2D eigenvalue weighted by Crippen LogP contribution is 1.92. The van der Waals surface area contributed by atoms with Crippen molar-refractivity contribution >= 4 is 14.9 Å². The van der Waals surface area contributed by atoms with Crippen LogP contribution in [0, 0.1) is 0 Å². The van der Waals surface area contributed by atoms with E-state index in [9.17, 15) is 0 Å². The maximum Gasteiger partial charge on any atom is 0.122 e. The Labute approximate surface area is 40.4 Å². The smallest absolute Gasteiger partial charge is 0.122 e. The van der Waals surface area contributed by atoms with E-state index in [2.05, 4.69) is 0 Å². The second kappa shape index (κ2) is 1.69. The number of hydrogen-bond acceptors (Lipinski definition) is 1. The zero-order valence-electron chi connectivity index (χ0n) is 4.65. The third-order valence-electron chi connectivity index (χ3n) is 0.865. The molecule has 1 nitrogen and oxygen atoms in total. The summed E-state index contributed by atoms with van der Waals surface area (Å²) in [4.78, 5) is 0. The molecule has 34 valence electrons. The molecule has 0 rings (SSSR count). The van der Waals surface area contributed by atoms with E-state index in [1.54, 1.807) is 13.8 Å². The standard InChI is InChI=1S/C3H10B2O/c1-3(2,6)5-4/h5-6H,4H2,1-2H3. The fraction of sp³-hybridized carbons (Fsp3) is 1.00. The Bertz CT molecular complexity index is 38.5. The first-order valence-corrected chi connectivity index (χ1v) is 2.28. The summed E-state index contributed by atoms with van der Waals surface area (Å²) < 4.78 is 0. The van der Waals surface area contributed by atoms with Gasteiger partial charge in [0.15, 0.2) is 0 Å². The molecule has 0 saturated heterocycles. The molecule has 0 radical (unpaired) electrons. The molecule has 0 aromatic heterocycles. The Balaban J connectivity index is 3.17. The van der Waals surface area contributed by atoms with Gasteiger partial charge in [0, 0.05) is 5.50 Å². The molecule has 0 aliphatic heterocycles. The highest BCUT2D eigenvalue weighted by Gasteiger charge is 2.07. The molecule has 1 N–H and O–H groups in total. The van der Waals surface area contributed by atoms with Gasteiger partial charge in [-0.2, -0.15) is 0 Å². The molecule has 0 saturated carbocycles. The van der Waals surface area contributed by atoms with Crippen molar-refractivity contribution in [1.29, 1.82) is 0 Å². The molecule has 6 heavy (non-hydrogen) atoms. The van der Waals surface area contributed by atoms with Crippen LogP contribution in [0.1, 0.15) is 13.8 Å². The summed E-state index contributed by atoms with van der Waals surface area (Å²) in [7, 11) is 2.78. The number of aliphatic hydroxyl groups is 1. The molecule has 0 heterocycles. The monoisotopic (exact) mass is 84.1 g/mol. The summed E-state index contributed by atoms with van der Waals surface area (Å²) in [5, 5.41) is 8.83. The SMILES string of the molecule is BBC(C)(C)O. The van der Waals surface area contributed by atoms with Gasteiger partial charge in [-0.15, -0.1) is 0 Å². The van der Waals surface area contributed by atoms with Crippen LogP contribution in [-0.4, -0.2) is 25.5 Å². The minimum atomic E-state index is -0.458. The Morgan fingerprint density at radius 2 is 1.83 bits per heavy atom. The highest BCUT2D eigenvalue weighted by molar-refractivity contribution is 6.91. The maximum atomic E-state index is 8.83. The molecule has 0 spiro atoms. The lowest BCUT2D eigenvalue weighted by Gasteiger charge is -2.10. The lowest BCUT2D eigenvalue weighted by atomic mass is 9.46. The molecular weight excluding hydrogens is 73.7 g/mol. The van der Waals surface area contributed by atoms with Gasteiger partial charge in [-0.1, -0.05) is 0 Å². The van der Waals surface area contributed by atoms with E-state index in [1.807, 2.05) is 7.74 Å². The quantitative estimate of drug-likeness (QED) is 0.391. The fourth-order valence-electron chi connectivity index (χ4n) is 0. The van der Waals surface area contributed by atoms with Gasteiger partial charge in [-0.05, 0) is 13.8 Å². The zero-order valence-corrected chi connectivity index (χ0v) is 4.65. The van der Waals surface area contributed by atoms with Crippen LogP contribution >= 0.6 is 0 Å². The number of rotatable bonds is 1. The minimum Gasteiger partial charge on any atom is -0.400 e. The van der Waals surface area contributed by atoms with Gasteiger partial charge >= 0.3 is 0 Å². The van der Waals surface area contributed by atoms with Crippen LogP contribution in [0.2, 0.25) is 0 Å². The van der Waals surface area contributed by atoms with Gasteiger partial charge in [0.05, 0.1) is 7.74 Å². The summed E-state index contributed by atoms with van der Waals surface area (Å²) in [5.41, 5.74) is -0.458. The number of hydrogen-bond donors (Lipinski definition) is 1. The Hall–Kier alpha value is 0.0899. The van der Waals surface area contributed by atoms with Crippen molar-refractivity contribution in [1.82, 2.24) is 0 Å². The van der Waals surface area contributed by atoms with E-state index in [1.165, 1.54) is 0 Å². The molecule has 0 aliphatic rings. The first-order valence-electron chi connectivity index (χ1n) is 2.28. The van der Waals surface area contributed by atoms with Crippen LogP contribution < -0.4 is 0 Å². The summed E-state index contributed by atoms with van der Waals surface area (Å²) >= 11 is 0. The largest absolute Gasteiger partial charge is 0.400 e. The molecule has 0 aromatic rings.